The molecular weight excluding hydrogens is 210 g/mol. The van der Waals surface area contributed by atoms with E-state index in [-0.39, 0.29) is 5.41 Å². The summed E-state index contributed by atoms with van der Waals surface area (Å²) in [6.07, 6.45) is 4.54. The molecule has 2 aliphatic rings. The van der Waals surface area contributed by atoms with Crippen molar-refractivity contribution in [2.24, 2.45) is 5.41 Å². The number of benzene rings is 1. The Labute approximate surface area is 102 Å². The zero-order valence-electron chi connectivity index (χ0n) is 10.3. The van der Waals surface area contributed by atoms with Crippen LogP contribution in [0, 0.1) is 12.3 Å². The van der Waals surface area contributed by atoms with Crippen molar-refractivity contribution in [3.63, 3.8) is 0 Å². The molecule has 1 aliphatic carbocycles. The molecule has 1 aromatic rings. The van der Waals surface area contributed by atoms with Crippen LogP contribution in [0.5, 0.6) is 0 Å². The Morgan fingerprint density at radius 3 is 2.47 bits per heavy atom. The summed E-state index contributed by atoms with van der Waals surface area (Å²) < 4.78 is 0. The van der Waals surface area contributed by atoms with Gasteiger partial charge < -0.3 is 5.32 Å². The van der Waals surface area contributed by atoms with Crippen molar-refractivity contribution in [2.75, 3.05) is 6.54 Å². The van der Waals surface area contributed by atoms with E-state index in [4.69, 9.17) is 0 Å². The van der Waals surface area contributed by atoms with Gasteiger partial charge in [0.25, 0.3) is 0 Å². The Morgan fingerprint density at radius 2 is 1.82 bits per heavy atom. The van der Waals surface area contributed by atoms with Crippen LogP contribution in [0.15, 0.2) is 24.3 Å². The third-order valence-electron chi connectivity index (χ3n) is 4.56. The van der Waals surface area contributed by atoms with E-state index in [1.54, 1.807) is 0 Å². The minimum atomic E-state index is -0.0880. The lowest BCUT2D eigenvalue weighted by molar-refractivity contribution is -0.127. The van der Waals surface area contributed by atoms with Crippen molar-refractivity contribution in [2.45, 2.75) is 38.5 Å². The van der Waals surface area contributed by atoms with Gasteiger partial charge >= 0.3 is 0 Å². The third-order valence-corrected chi connectivity index (χ3v) is 4.56. The molecule has 17 heavy (non-hydrogen) atoms. The number of nitrogens with one attached hydrogen (secondary N) is 1. The van der Waals surface area contributed by atoms with Crippen molar-refractivity contribution in [3.05, 3.63) is 35.4 Å². The monoisotopic (exact) mass is 229 g/mol. The topological polar surface area (TPSA) is 29.1 Å². The molecule has 1 aromatic carbocycles. The molecule has 1 aliphatic heterocycles. The Balaban J connectivity index is 1.97. The van der Waals surface area contributed by atoms with E-state index in [0.29, 0.717) is 11.8 Å². The van der Waals surface area contributed by atoms with E-state index in [1.165, 1.54) is 24.0 Å². The summed E-state index contributed by atoms with van der Waals surface area (Å²) in [4.78, 5) is 12.1. The first-order valence-corrected chi connectivity index (χ1v) is 6.57. The van der Waals surface area contributed by atoms with E-state index in [9.17, 15) is 4.79 Å². The maximum Gasteiger partial charge on any atom is 0.226 e. The summed E-state index contributed by atoms with van der Waals surface area (Å²) in [6.45, 7) is 2.93. The Bertz CT molecular complexity index is 429. The van der Waals surface area contributed by atoms with E-state index in [2.05, 4.69) is 36.5 Å². The lowest BCUT2D eigenvalue weighted by Crippen LogP contribution is -2.31. The van der Waals surface area contributed by atoms with Gasteiger partial charge in [0.05, 0.1) is 5.41 Å². The van der Waals surface area contributed by atoms with Crippen LogP contribution in [-0.4, -0.2) is 12.5 Å². The van der Waals surface area contributed by atoms with Gasteiger partial charge in [-0.05, 0) is 25.3 Å². The summed E-state index contributed by atoms with van der Waals surface area (Å²) in [6, 6.07) is 8.70. The van der Waals surface area contributed by atoms with Crippen LogP contribution in [0.1, 0.15) is 42.7 Å². The zero-order chi connectivity index (χ0) is 11.9. The van der Waals surface area contributed by atoms with Gasteiger partial charge in [-0.25, -0.2) is 0 Å². The fourth-order valence-electron chi connectivity index (χ4n) is 3.54. The van der Waals surface area contributed by atoms with Crippen LogP contribution in [0.25, 0.3) is 0 Å². The first-order valence-electron chi connectivity index (χ1n) is 6.57. The number of rotatable bonds is 1. The first-order chi connectivity index (χ1) is 8.22. The maximum absolute atomic E-state index is 12.1. The van der Waals surface area contributed by atoms with Crippen molar-refractivity contribution < 1.29 is 4.79 Å². The van der Waals surface area contributed by atoms with Gasteiger partial charge in [-0.15, -0.1) is 0 Å². The molecule has 1 amide bonds. The second-order valence-electron chi connectivity index (χ2n) is 5.54. The van der Waals surface area contributed by atoms with Crippen LogP contribution >= 0.6 is 0 Å². The molecule has 0 radical (unpaired) electrons. The normalized spacial score (nSPS) is 26.4. The van der Waals surface area contributed by atoms with Crippen LogP contribution < -0.4 is 5.32 Å². The quantitative estimate of drug-likeness (QED) is 0.788. The Hall–Kier alpha value is -1.31. The predicted molar refractivity (Wildman–Crippen MR) is 67.8 cm³/mol. The molecule has 0 bridgehead atoms. The summed E-state index contributed by atoms with van der Waals surface area (Å²) in [7, 11) is 0. The molecule has 2 fully saturated rings. The molecule has 2 nitrogen and oxygen atoms in total. The molecule has 1 spiro atoms. The maximum atomic E-state index is 12.1. The summed E-state index contributed by atoms with van der Waals surface area (Å²) >= 11 is 0. The second kappa shape index (κ2) is 3.86. The van der Waals surface area contributed by atoms with Gasteiger partial charge in [0.1, 0.15) is 0 Å². The molecule has 1 saturated heterocycles. The fraction of sp³-hybridized carbons (Fsp3) is 0.533. The minimum Gasteiger partial charge on any atom is -0.355 e. The van der Waals surface area contributed by atoms with Gasteiger partial charge in [-0.3, -0.25) is 4.79 Å². The highest BCUT2D eigenvalue weighted by Gasteiger charge is 2.51. The smallest absolute Gasteiger partial charge is 0.226 e. The second-order valence-corrected chi connectivity index (χ2v) is 5.54. The van der Waals surface area contributed by atoms with Crippen LogP contribution in [-0.2, 0) is 4.79 Å². The molecule has 90 valence electrons. The van der Waals surface area contributed by atoms with Crippen LogP contribution in [0.3, 0.4) is 0 Å². The largest absolute Gasteiger partial charge is 0.355 e. The minimum absolute atomic E-state index is 0.0880. The SMILES string of the molecule is Cc1ccc([C@H]2CNC(=O)C23CCCC3)cc1. The molecule has 1 N–H and O–H groups in total. The number of amides is 1. The van der Waals surface area contributed by atoms with Crippen molar-refractivity contribution >= 4 is 5.91 Å². The van der Waals surface area contributed by atoms with Crippen molar-refractivity contribution in [3.8, 4) is 0 Å². The van der Waals surface area contributed by atoms with E-state index in [0.717, 1.165) is 19.4 Å². The van der Waals surface area contributed by atoms with Gasteiger partial charge in [0.2, 0.25) is 5.91 Å². The third kappa shape index (κ3) is 1.58. The molecule has 1 saturated carbocycles. The lowest BCUT2D eigenvalue weighted by atomic mass is 9.72. The zero-order valence-corrected chi connectivity index (χ0v) is 10.3. The first kappa shape index (κ1) is 10.8. The lowest BCUT2D eigenvalue weighted by Gasteiger charge is -2.28. The average Bonchev–Trinajstić information content (AvgIpc) is 2.92. The van der Waals surface area contributed by atoms with Crippen molar-refractivity contribution in [1.29, 1.82) is 0 Å². The number of hydrogen-bond donors (Lipinski definition) is 1. The molecule has 1 heterocycles. The molecule has 0 unspecified atom stereocenters. The highest BCUT2D eigenvalue weighted by Crippen LogP contribution is 2.51. The summed E-state index contributed by atoms with van der Waals surface area (Å²) in [5.41, 5.74) is 2.53. The predicted octanol–water partition coefficient (Wildman–Crippen LogP) is 2.77. The molecular formula is C15H19NO. The van der Waals surface area contributed by atoms with Crippen molar-refractivity contribution in [1.82, 2.24) is 5.32 Å². The van der Waals surface area contributed by atoms with E-state index >= 15 is 0 Å². The Morgan fingerprint density at radius 1 is 1.18 bits per heavy atom. The molecule has 2 heteroatoms. The van der Waals surface area contributed by atoms with Gasteiger partial charge in [-0.1, -0.05) is 42.7 Å². The highest BCUT2D eigenvalue weighted by molar-refractivity contribution is 5.86. The summed E-state index contributed by atoms with van der Waals surface area (Å²) in [5, 5.41) is 3.08. The molecule has 1 atom stereocenters. The summed E-state index contributed by atoms with van der Waals surface area (Å²) in [5.74, 6) is 0.679. The van der Waals surface area contributed by atoms with Crippen LogP contribution in [0.2, 0.25) is 0 Å². The fourth-order valence-corrected chi connectivity index (χ4v) is 3.54. The number of hydrogen-bond acceptors (Lipinski definition) is 1. The average molecular weight is 229 g/mol. The van der Waals surface area contributed by atoms with Gasteiger partial charge in [0, 0.05) is 12.5 Å². The molecule has 0 aromatic heterocycles. The standard InChI is InChI=1S/C15H19NO/c1-11-4-6-12(7-5-11)13-10-16-14(17)15(13)8-2-3-9-15/h4-7,13H,2-3,8-10H2,1H3,(H,16,17)/t13-/m1/s1. The molecule has 3 rings (SSSR count). The number of carbonyl (C=O) groups excluding carboxylic acids is 1. The van der Waals surface area contributed by atoms with Crippen LogP contribution in [0.4, 0.5) is 0 Å². The van der Waals surface area contributed by atoms with Gasteiger partial charge in [-0.2, -0.15) is 0 Å². The Kier molecular flexibility index (Phi) is 2.46. The number of carbonyl (C=O) groups is 1. The number of aryl methyl sites for hydroxylation is 1. The highest BCUT2D eigenvalue weighted by atomic mass is 16.2. The van der Waals surface area contributed by atoms with E-state index < -0.39 is 0 Å². The van der Waals surface area contributed by atoms with E-state index in [1.807, 2.05) is 0 Å². The van der Waals surface area contributed by atoms with Gasteiger partial charge in [0.15, 0.2) is 0 Å².